The highest BCUT2D eigenvalue weighted by Crippen LogP contribution is 2.51. The van der Waals surface area contributed by atoms with Crippen LogP contribution in [0.3, 0.4) is 0 Å². The first kappa shape index (κ1) is 25.8. The van der Waals surface area contributed by atoms with Gasteiger partial charge in [0.15, 0.2) is 0 Å². The van der Waals surface area contributed by atoms with E-state index in [1.807, 2.05) is 0 Å². The van der Waals surface area contributed by atoms with Gasteiger partial charge in [0.25, 0.3) is 0 Å². The molecule has 0 unspecified atom stereocenters. The highest BCUT2D eigenvalue weighted by atomic mass is 32.2. The van der Waals surface area contributed by atoms with E-state index >= 15 is 0 Å². The highest BCUT2D eigenvalue weighted by molar-refractivity contribution is 8.03. The third-order valence-corrected chi connectivity index (χ3v) is 11.3. The fourth-order valence-electron chi connectivity index (χ4n) is 5.45. The molecular weight excluding hydrogens is 501 g/mol. The van der Waals surface area contributed by atoms with Gasteiger partial charge in [-0.2, -0.15) is 0 Å². The van der Waals surface area contributed by atoms with Gasteiger partial charge in [-0.1, -0.05) is 115 Å². The van der Waals surface area contributed by atoms with E-state index in [1.54, 1.807) is 0 Å². The molecule has 0 amide bonds. The van der Waals surface area contributed by atoms with E-state index in [2.05, 4.69) is 134 Å². The third kappa shape index (κ3) is 5.49. The van der Waals surface area contributed by atoms with Gasteiger partial charge in [-0.15, -0.1) is 16.9 Å². The molecule has 5 radical (unpaired) electrons. The van der Waals surface area contributed by atoms with Crippen molar-refractivity contribution in [3.63, 3.8) is 0 Å². The Bertz CT molecular complexity index is 1250. The summed E-state index contributed by atoms with van der Waals surface area (Å²) in [5.74, 6) is 1.35. The van der Waals surface area contributed by atoms with Gasteiger partial charge in [0, 0.05) is 29.9 Å². The minimum Gasteiger partial charge on any atom is -0.240 e. The maximum absolute atomic E-state index is 4.88. The molecular formula is C33H33N3PS. The lowest BCUT2D eigenvalue weighted by atomic mass is 9.99. The lowest BCUT2D eigenvalue weighted by Gasteiger charge is -2.31. The highest BCUT2D eigenvalue weighted by Gasteiger charge is 2.39. The lowest BCUT2D eigenvalue weighted by molar-refractivity contribution is 0.510. The van der Waals surface area contributed by atoms with Crippen LogP contribution in [-0.4, -0.2) is 20.2 Å². The van der Waals surface area contributed by atoms with Crippen LogP contribution in [0.25, 0.3) is 11.3 Å². The van der Waals surface area contributed by atoms with Crippen LogP contribution in [0.15, 0.2) is 91.0 Å². The van der Waals surface area contributed by atoms with Crippen LogP contribution in [0, 0.1) is 30.4 Å². The van der Waals surface area contributed by atoms with Crippen LogP contribution < -0.4 is 16.0 Å². The molecule has 3 nitrogen and oxygen atoms in total. The fourth-order valence-corrected chi connectivity index (χ4v) is 9.44. The second-order valence-corrected chi connectivity index (χ2v) is 13.4. The Morgan fingerprint density at radius 1 is 0.789 bits per heavy atom. The summed E-state index contributed by atoms with van der Waals surface area (Å²) in [5, 5.41) is 14.5. The Morgan fingerprint density at radius 3 is 2.03 bits per heavy atom. The Labute approximate surface area is 233 Å². The summed E-state index contributed by atoms with van der Waals surface area (Å²) in [6.07, 6.45) is 13.5. The van der Waals surface area contributed by atoms with Crippen molar-refractivity contribution in [3.05, 3.63) is 121 Å². The summed E-state index contributed by atoms with van der Waals surface area (Å²) in [6.45, 7) is 2.29. The molecule has 38 heavy (non-hydrogen) atoms. The van der Waals surface area contributed by atoms with Gasteiger partial charge in [0.05, 0.1) is 11.5 Å². The molecule has 0 spiro atoms. The first-order valence-corrected chi connectivity index (χ1v) is 15.8. The van der Waals surface area contributed by atoms with Gasteiger partial charge in [-0.05, 0) is 49.6 Å². The van der Waals surface area contributed by atoms with Crippen LogP contribution in [0.2, 0.25) is 0 Å². The maximum Gasteiger partial charge on any atom is 0.121 e. The van der Waals surface area contributed by atoms with E-state index in [9.17, 15) is 0 Å². The van der Waals surface area contributed by atoms with E-state index in [1.165, 1.54) is 59.3 Å². The van der Waals surface area contributed by atoms with Crippen LogP contribution in [-0.2, 0) is 0 Å². The number of hydrogen-bond acceptors (Lipinski definition) is 3. The van der Waals surface area contributed by atoms with E-state index in [0.717, 1.165) is 16.5 Å². The molecule has 0 bridgehead atoms. The Balaban J connectivity index is 1.43. The standard InChI is InChI=1S/C33H33N3PS/c1-25(30-23-14-24-31(30)38-29-21-12-5-13-22-29)36-33(32(34-35-36)26-15-6-2-7-16-26)37(27-17-8-3-9-18-27)28-19-10-4-11-20-28/h2-4,6-11,14-20,23-25,29H,5,12-13,21-22H2,1H3/t25-/m0/s1. The SMILES string of the molecule is C[C@@H]([C]1[CH][CH][CH][C]1SC1CCCCC1)n1nnc(-c2ccccc2)c1P(c1ccccc1)c1ccccc1. The van der Waals surface area contributed by atoms with Crippen molar-refractivity contribution >= 4 is 35.7 Å². The quantitative estimate of drug-likeness (QED) is 0.227. The molecule has 2 fully saturated rings. The van der Waals surface area contributed by atoms with Crippen LogP contribution in [0.5, 0.6) is 0 Å². The lowest BCUT2D eigenvalue weighted by Crippen LogP contribution is -2.32. The molecule has 3 aromatic carbocycles. The zero-order valence-electron chi connectivity index (χ0n) is 21.8. The van der Waals surface area contributed by atoms with Gasteiger partial charge in [-0.3, -0.25) is 0 Å². The summed E-state index contributed by atoms with van der Waals surface area (Å²) in [6, 6.07) is 32.4. The predicted octanol–water partition coefficient (Wildman–Crippen LogP) is 7.06. The molecule has 1 atom stereocenters. The summed E-state index contributed by atoms with van der Waals surface area (Å²) < 4.78 is 2.22. The molecule has 0 saturated heterocycles. The van der Waals surface area contributed by atoms with Gasteiger partial charge in [0.1, 0.15) is 5.69 Å². The van der Waals surface area contributed by atoms with E-state index in [-0.39, 0.29) is 6.04 Å². The third-order valence-electron chi connectivity index (χ3n) is 7.43. The largest absolute Gasteiger partial charge is 0.240 e. The smallest absolute Gasteiger partial charge is 0.121 e. The molecule has 2 aliphatic rings. The second-order valence-electron chi connectivity index (χ2n) is 9.98. The first-order valence-electron chi connectivity index (χ1n) is 13.6. The molecule has 0 N–H and O–H groups in total. The average molecular weight is 535 g/mol. The average Bonchev–Trinajstić information content (AvgIpc) is 3.63. The maximum atomic E-state index is 4.88. The van der Waals surface area contributed by atoms with Crippen molar-refractivity contribution in [1.82, 2.24) is 15.0 Å². The Hall–Kier alpha value is -2.42. The van der Waals surface area contributed by atoms with E-state index in [0.29, 0.717) is 0 Å². The topological polar surface area (TPSA) is 30.7 Å². The molecule has 0 aliphatic heterocycles. The number of thioether (sulfide) groups is 1. The van der Waals surface area contributed by atoms with Gasteiger partial charge in [0.2, 0.25) is 0 Å². The number of nitrogens with zero attached hydrogens (tertiary/aromatic N) is 3. The van der Waals surface area contributed by atoms with Crippen LogP contribution >= 0.6 is 19.7 Å². The predicted molar refractivity (Wildman–Crippen MR) is 163 cm³/mol. The normalized spacial score (nSPS) is 18.3. The minimum atomic E-state index is -0.877. The van der Waals surface area contributed by atoms with Gasteiger partial charge < -0.3 is 0 Å². The van der Waals surface area contributed by atoms with Crippen molar-refractivity contribution in [3.8, 4) is 11.3 Å². The molecule has 2 saturated carbocycles. The van der Waals surface area contributed by atoms with Crippen molar-refractivity contribution in [2.45, 2.75) is 50.3 Å². The summed E-state index contributed by atoms with van der Waals surface area (Å²) in [4.78, 5) is 0. The van der Waals surface area contributed by atoms with Crippen LogP contribution in [0.1, 0.15) is 45.1 Å². The molecule has 1 heterocycles. The van der Waals surface area contributed by atoms with Crippen molar-refractivity contribution in [1.29, 1.82) is 0 Å². The monoisotopic (exact) mass is 534 g/mol. The zero-order chi connectivity index (χ0) is 25.7. The first-order chi connectivity index (χ1) is 18.8. The summed E-state index contributed by atoms with van der Waals surface area (Å²) in [7, 11) is -0.877. The molecule has 4 aromatic rings. The van der Waals surface area contributed by atoms with Crippen molar-refractivity contribution in [2.75, 3.05) is 0 Å². The Morgan fingerprint density at radius 2 is 1.39 bits per heavy atom. The van der Waals surface area contributed by atoms with Gasteiger partial charge in [-0.25, -0.2) is 4.68 Å². The van der Waals surface area contributed by atoms with E-state index < -0.39 is 7.92 Å². The van der Waals surface area contributed by atoms with E-state index in [4.69, 9.17) is 10.3 Å². The Kier molecular flexibility index (Phi) is 8.28. The number of benzene rings is 3. The summed E-state index contributed by atoms with van der Waals surface area (Å²) >= 11 is 2.07. The summed E-state index contributed by atoms with van der Waals surface area (Å²) in [5.41, 5.74) is 3.29. The fraction of sp³-hybridized carbons (Fsp3) is 0.242. The van der Waals surface area contributed by atoms with Gasteiger partial charge >= 0.3 is 0 Å². The molecule has 5 heteroatoms. The van der Waals surface area contributed by atoms with Crippen molar-refractivity contribution in [2.24, 2.45) is 0 Å². The molecule has 1 aromatic heterocycles. The van der Waals surface area contributed by atoms with Crippen molar-refractivity contribution < 1.29 is 0 Å². The number of rotatable bonds is 8. The zero-order valence-corrected chi connectivity index (χ0v) is 23.5. The van der Waals surface area contributed by atoms with Crippen LogP contribution in [0.4, 0.5) is 0 Å². The minimum absolute atomic E-state index is 0.0773. The molecule has 6 rings (SSSR count). The number of hydrogen-bond donors (Lipinski definition) is 0. The molecule has 191 valence electrons. The second kappa shape index (κ2) is 12.2. The number of aromatic nitrogens is 3. The molecule has 2 aliphatic carbocycles.